The lowest BCUT2D eigenvalue weighted by atomic mass is 10.3. The van der Waals surface area contributed by atoms with Crippen LogP contribution in [0.25, 0.3) is 0 Å². The van der Waals surface area contributed by atoms with Crippen LogP contribution < -0.4 is 5.32 Å². The Morgan fingerprint density at radius 3 is 2.36 bits per heavy atom. The Kier molecular flexibility index (Phi) is 4.79. The van der Waals surface area contributed by atoms with E-state index in [9.17, 15) is 4.79 Å². The predicted octanol–water partition coefficient (Wildman–Crippen LogP) is 2.58. The summed E-state index contributed by atoms with van der Waals surface area (Å²) in [6, 6.07) is 0.258. The van der Waals surface area contributed by atoms with Crippen LogP contribution in [0.3, 0.4) is 0 Å². The van der Waals surface area contributed by atoms with Gasteiger partial charge in [0.25, 0.3) is 0 Å². The molecule has 0 radical (unpaired) electrons. The number of carbonyl (C=O) groups is 1. The third-order valence-electron chi connectivity index (χ3n) is 2.50. The van der Waals surface area contributed by atoms with Gasteiger partial charge in [-0.2, -0.15) is 0 Å². The van der Waals surface area contributed by atoms with Crippen molar-refractivity contribution in [3.05, 3.63) is 0 Å². The fourth-order valence-electron chi connectivity index (χ4n) is 1.78. The summed E-state index contributed by atoms with van der Waals surface area (Å²) in [5.74, 6) is 0.192. The molecule has 0 heterocycles. The number of amides is 1. The summed E-state index contributed by atoms with van der Waals surface area (Å²) in [6.45, 7) is 6.02. The molecule has 0 bridgehead atoms. The van der Waals surface area contributed by atoms with Crippen LogP contribution in [0.2, 0.25) is 0 Å². The number of nitrogens with one attached hydrogen (secondary N) is 1. The van der Waals surface area contributed by atoms with Crippen LogP contribution in [0.5, 0.6) is 0 Å². The Morgan fingerprint density at radius 1 is 1.29 bits per heavy atom. The van der Waals surface area contributed by atoms with Crippen molar-refractivity contribution in [1.29, 1.82) is 0 Å². The van der Waals surface area contributed by atoms with E-state index in [1.165, 1.54) is 25.7 Å². The smallest absolute Gasteiger partial charge is 0.233 e. The largest absolute Gasteiger partial charge is 0.353 e. The molecule has 1 N–H and O–H groups in total. The number of hydrogen-bond acceptors (Lipinski definition) is 2. The Morgan fingerprint density at radius 2 is 1.86 bits per heavy atom. The summed E-state index contributed by atoms with van der Waals surface area (Å²) in [6.07, 6.45) is 5.28. The first-order valence-electron chi connectivity index (χ1n) is 5.55. The zero-order valence-corrected chi connectivity index (χ0v) is 10.2. The molecule has 1 rings (SSSR count). The van der Waals surface area contributed by atoms with Gasteiger partial charge >= 0.3 is 0 Å². The van der Waals surface area contributed by atoms with Gasteiger partial charge in [0.2, 0.25) is 5.91 Å². The number of rotatable bonds is 4. The summed E-state index contributed by atoms with van der Waals surface area (Å²) >= 11 is 1.85. The highest BCUT2D eigenvalue weighted by molar-refractivity contribution is 8.01. The summed E-state index contributed by atoms with van der Waals surface area (Å²) < 4.78 is 0. The van der Waals surface area contributed by atoms with Gasteiger partial charge in [-0.25, -0.2) is 0 Å². The zero-order valence-electron chi connectivity index (χ0n) is 9.38. The molecular formula is C11H21NOS. The maximum atomic E-state index is 11.6. The molecule has 0 aromatic carbocycles. The van der Waals surface area contributed by atoms with Crippen LogP contribution in [0.4, 0.5) is 0 Å². The van der Waals surface area contributed by atoms with E-state index in [4.69, 9.17) is 0 Å². The van der Waals surface area contributed by atoms with Gasteiger partial charge in [-0.3, -0.25) is 4.79 Å². The van der Waals surface area contributed by atoms with E-state index in [1.807, 2.05) is 32.5 Å². The van der Waals surface area contributed by atoms with Gasteiger partial charge in [-0.1, -0.05) is 12.8 Å². The summed E-state index contributed by atoms with van der Waals surface area (Å²) in [7, 11) is 0. The lowest BCUT2D eigenvalue weighted by Crippen LogP contribution is -2.36. The van der Waals surface area contributed by atoms with Crippen LogP contribution in [0, 0.1) is 0 Å². The second-order valence-corrected chi connectivity index (χ2v) is 5.99. The molecule has 0 spiro atoms. The van der Waals surface area contributed by atoms with Gasteiger partial charge < -0.3 is 5.32 Å². The average molecular weight is 215 g/mol. The SMILES string of the molecule is CC(C)NC(=O)C(C)SC1CCCC1. The van der Waals surface area contributed by atoms with E-state index in [1.54, 1.807) is 0 Å². The average Bonchev–Trinajstić information content (AvgIpc) is 2.55. The normalized spacial score (nSPS) is 20.0. The molecule has 0 aliphatic heterocycles. The maximum absolute atomic E-state index is 11.6. The molecule has 1 unspecified atom stereocenters. The molecule has 1 fully saturated rings. The highest BCUT2D eigenvalue weighted by Gasteiger charge is 2.22. The van der Waals surface area contributed by atoms with Crippen molar-refractivity contribution in [3.63, 3.8) is 0 Å². The minimum Gasteiger partial charge on any atom is -0.353 e. The van der Waals surface area contributed by atoms with Gasteiger partial charge in [-0.15, -0.1) is 11.8 Å². The van der Waals surface area contributed by atoms with Gasteiger partial charge in [0, 0.05) is 11.3 Å². The Bertz CT molecular complexity index is 188. The monoisotopic (exact) mass is 215 g/mol. The van der Waals surface area contributed by atoms with Crippen molar-refractivity contribution in [2.45, 2.75) is 63.0 Å². The molecule has 82 valence electrons. The van der Waals surface area contributed by atoms with Crippen LogP contribution in [0.1, 0.15) is 46.5 Å². The highest BCUT2D eigenvalue weighted by atomic mass is 32.2. The molecule has 1 amide bonds. The predicted molar refractivity (Wildman–Crippen MR) is 62.6 cm³/mol. The first kappa shape index (κ1) is 11.9. The molecule has 14 heavy (non-hydrogen) atoms. The molecule has 1 aliphatic carbocycles. The maximum Gasteiger partial charge on any atom is 0.233 e. The lowest BCUT2D eigenvalue weighted by Gasteiger charge is -2.17. The minimum absolute atomic E-state index is 0.112. The van der Waals surface area contributed by atoms with Crippen LogP contribution >= 0.6 is 11.8 Å². The second-order valence-electron chi connectivity index (χ2n) is 4.35. The number of carbonyl (C=O) groups excluding carboxylic acids is 1. The van der Waals surface area contributed by atoms with Crippen molar-refractivity contribution >= 4 is 17.7 Å². The van der Waals surface area contributed by atoms with Crippen LogP contribution in [0.15, 0.2) is 0 Å². The van der Waals surface area contributed by atoms with Crippen molar-refractivity contribution in [1.82, 2.24) is 5.32 Å². The molecule has 1 atom stereocenters. The molecule has 2 nitrogen and oxygen atoms in total. The molecular weight excluding hydrogens is 194 g/mol. The van der Waals surface area contributed by atoms with E-state index in [0.717, 1.165) is 5.25 Å². The summed E-state index contributed by atoms with van der Waals surface area (Å²) in [5.41, 5.74) is 0. The summed E-state index contributed by atoms with van der Waals surface area (Å²) in [5, 5.41) is 3.79. The van der Waals surface area contributed by atoms with Crippen molar-refractivity contribution in [3.8, 4) is 0 Å². The third-order valence-corrected chi connectivity index (χ3v) is 3.98. The van der Waals surface area contributed by atoms with Crippen molar-refractivity contribution < 1.29 is 4.79 Å². The van der Waals surface area contributed by atoms with E-state index in [-0.39, 0.29) is 17.2 Å². The Labute approximate surface area is 91.2 Å². The molecule has 0 aromatic rings. The summed E-state index contributed by atoms with van der Waals surface area (Å²) in [4.78, 5) is 11.6. The van der Waals surface area contributed by atoms with E-state index in [0.29, 0.717) is 0 Å². The molecule has 0 aromatic heterocycles. The van der Waals surface area contributed by atoms with E-state index in [2.05, 4.69) is 5.32 Å². The highest BCUT2D eigenvalue weighted by Crippen LogP contribution is 2.32. The topological polar surface area (TPSA) is 29.1 Å². The van der Waals surface area contributed by atoms with Gasteiger partial charge in [0.05, 0.1) is 5.25 Å². The molecule has 3 heteroatoms. The first-order valence-corrected chi connectivity index (χ1v) is 6.49. The lowest BCUT2D eigenvalue weighted by molar-refractivity contribution is -0.120. The molecule has 1 saturated carbocycles. The van der Waals surface area contributed by atoms with E-state index >= 15 is 0 Å². The van der Waals surface area contributed by atoms with Gasteiger partial charge in [-0.05, 0) is 33.6 Å². The van der Waals surface area contributed by atoms with Gasteiger partial charge in [0.1, 0.15) is 0 Å². The fraction of sp³-hybridized carbons (Fsp3) is 0.909. The Balaban J connectivity index is 2.25. The molecule has 1 aliphatic rings. The first-order chi connectivity index (χ1) is 6.59. The van der Waals surface area contributed by atoms with Crippen LogP contribution in [-0.4, -0.2) is 22.4 Å². The number of thioether (sulfide) groups is 1. The van der Waals surface area contributed by atoms with E-state index < -0.39 is 0 Å². The standard InChI is InChI=1S/C11H21NOS/c1-8(2)12-11(13)9(3)14-10-6-4-5-7-10/h8-10H,4-7H2,1-3H3,(H,12,13). The fourth-order valence-corrected chi connectivity index (χ4v) is 3.15. The number of hydrogen-bond donors (Lipinski definition) is 1. The zero-order chi connectivity index (χ0) is 10.6. The van der Waals surface area contributed by atoms with Gasteiger partial charge in [0.15, 0.2) is 0 Å². The third kappa shape index (κ3) is 3.91. The minimum atomic E-state index is 0.112. The van der Waals surface area contributed by atoms with Crippen molar-refractivity contribution in [2.24, 2.45) is 0 Å². The van der Waals surface area contributed by atoms with Crippen molar-refractivity contribution in [2.75, 3.05) is 0 Å². The quantitative estimate of drug-likeness (QED) is 0.781. The van der Waals surface area contributed by atoms with Crippen LogP contribution in [-0.2, 0) is 4.79 Å². The second kappa shape index (κ2) is 5.64. The molecule has 0 saturated heterocycles. The Hall–Kier alpha value is -0.180.